The molecule has 0 radical (unpaired) electrons. The minimum atomic E-state index is 0.766. The van der Waals surface area contributed by atoms with Crippen molar-refractivity contribution in [3.8, 4) is 0 Å². The van der Waals surface area contributed by atoms with Crippen molar-refractivity contribution in [2.24, 2.45) is 0 Å². The lowest BCUT2D eigenvalue weighted by atomic mass is 10.3. The first kappa shape index (κ1) is 10.4. The van der Waals surface area contributed by atoms with Gasteiger partial charge in [0.1, 0.15) is 0 Å². The van der Waals surface area contributed by atoms with Gasteiger partial charge in [0.05, 0.1) is 0 Å². The number of rotatable bonds is 4. The smallest absolute Gasteiger partial charge is 0.0357 e. The van der Waals surface area contributed by atoms with Crippen molar-refractivity contribution in [1.82, 2.24) is 4.90 Å². The van der Waals surface area contributed by atoms with Crippen molar-refractivity contribution in [3.63, 3.8) is 0 Å². The van der Waals surface area contributed by atoms with Crippen LogP contribution < -0.4 is 0 Å². The van der Waals surface area contributed by atoms with E-state index in [0.29, 0.717) is 0 Å². The Morgan fingerprint density at radius 3 is 2.55 bits per heavy atom. The van der Waals surface area contributed by atoms with Crippen LogP contribution in [0.4, 0.5) is 0 Å². The Morgan fingerprint density at radius 2 is 2.18 bits per heavy atom. The van der Waals surface area contributed by atoms with Crippen LogP contribution in [0.1, 0.15) is 0 Å². The van der Waals surface area contributed by atoms with Crippen LogP contribution in [0, 0.1) is 0 Å². The Labute approximate surface area is 74.5 Å². The monoisotopic (exact) mass is 169 g/mol. The predicted octanol–water partition coefficient (Wildman–Crippen LogP) is 2.10. The van der Waals surface area contributed by atoms with Crippen LogP contribution in [0.3, 0.4) is 0 Å². The maximum atomic E-state index is 4.07. The molecule has 0 saturated heterocycles. The average molecular weight is 169 g/mol. The molecule has 0 aromatic rings. The normalized spacial score (nSPS) is 12.1. The van der Waals surface area contributed by atoms with Crippen molar-refractivity contribution >= 4 is 12.6 Å². The molecular weight excluding hydrogens is 154 g/mol. The van der Waals surface area contributed by atoms with Crippen LogP contribution in [-0.2, 0) is 0 Å². The number of hydrogen-bond donors (Lipinski definition) is 1. The summed E-state index contributed by atoms with van der Waals surface area (Å²) in [4.78, 5) is 2.03. The minimum Gasteiger partial charge on any atom is -0.378 e. The van der Waals surface area contributed by atoms with Crippen LogP contribution in [0.2, 0.25) is 0 Å². The van der Waals surface area contributed by atoms with Crippen LogP contribution in [0.25, 0.3) is 0 Å². The van der Waals surface area contributed by atoms with E-state index < -0.39 is 0 Å². The van der Waals surface area contributed by atoms with E-state index in [4.69, 9.17) is 0 Å². The number of allylic oxidation sites excluding steroid dienone is 3. The van der Waals surface area contributed by atoms with E-state index in [0.717, 1.165) is 11.4 Å². The first-order valence-corrected chi connectivity index (χ1v) is 4.13. The summed E-state index contributed by atoms with van der Waals surface area (Å²) in [6.07, 6.45) is 7.76. The summed E-state index contributed by atoms with van der Waals surface area (Å²) in [6.45, 7) is 3.63. The second-order valence-electron chi connectivity index (χ2n) is 2.31. The van der Waals surface area contributed by atoms with Crippen LogP contribution in [0.15, 0.2) is 36.6 Å². The molecule has 0 saturated carbocycles. The molecule has 2 heteroatoms. The number of nitrogens with zero attached hydrogens (tertiary/aromatic N) is 1. The molecule has 0 aliphatic heterocycles. The van der Waals surface area contributed by atoms with Gasteiger partial charge < -0.3 is 4.90 Å². The number of likely N-dealkylation sites (N-methyl/N-ethyl adjacent to an activating group) is 1. The highest BCUT2D eigenvalue weighted by atomic mass is 32.1. The molecule has 0 N–H and O–H groups in total. The molecule has 0 aromatic heterocycles. The van der Waals surface area contributed by atoms with E-state index >= 15 is 0 Å². The zero-order valence-electron chi connectivity index (χ0n) is 7.12. The lowest BCUT2D eigenvalue weighted by Gasteiger charge is -2.12. The van der Waals surface area contributed by atoms with Gasteiger partial charge in [-0.05, 0) is 12.2 Å². The van der Waals surface area contributed by atoms with Gasteiger partial charge in [0.25, 0.3) is 0 Å². The zero-order chi connectivity index (χ0) is 8.69. The van der Waals surface area contributed by atoms with Gasteiger partial charge in [0, 0.05) is 25.5 Å². The van der Waals surface area contributed by atoms with Crippen LogP contribution >= 0.6 is 12.6 Å². The lowest BCUT2D eigenvalue weighted by Crippen LogP contribution is -2.08. The number of thiol groups is 1. The quantitative estimate of drug-likeness (QED) is 0.498. The van der Waals surface area contributed by atoms with E-state index in [1.54, 1.807) is 6.08 Å². The van der Waals surface area contributed by atoms with E-state index in [9.17, 15) is 0 Å². The maximum absolute atomic E-state index is 4.07. The largest absolute Gasteiger partial charge is 0.378 e. The third-order valence-corrected chi connectivity index (χ3v) is 1.41. The average Bonchev–Trinajstić information content (AvgIpc) is 1.97. The maximum Gasteiger partial charge on any atom is 0.0357 e. The van der Waals surface area contributed by atoms with Gasteiger partial charge in [-0.1, -0.05) is 18.7 Å². The molecule has 62 valence electrons. The molecule has 0 bridgehead atoms. The van der Waals surface area contributed by atoms with E-state index in [-0.39, 0.29) is 0 Å². The van der Waals surface area contributed by atoms with Gasteiger partial charge in [-0.15, -0.1) is 0 Å². The first-order chi connectivity index (χ1) is 5.22. The Kier molecular flexibility index (Phi) is 5.75. The van der Waals surface area contributed by atoms with Crippen LogP contribution in [0.5, 0.6) is 0 Å². The van der Waals surface area contributed by atoms with Gasteiger partial charge in [-0.3, -0.25) is 0 Å². The molecular formula is C9H15NS. The highest BCUT2D eigenvalue weighted by molar-refractivity contribution is 7.80. The highest BCUT2D eigenvalue weighted by Gasteiger charge is 1.90. The summed E-state index contributed by atoms with van der Waals surface area (Å²) < 4.78 is 0. The first-order valence-electron chi connectivity index (χ1n) is 3.49. The SMILES string of the molecule is C=CC=C(C=CCS)N(C)C. The third-order valence-electron chi connectivity index (χ3n) is 1.20. The summed E-state index contributed by atoms with van der Waals surface area (Å²) in [6, 6.07) is 0. The summed E-state index contributed by atoms with van der Waals surface area (Å²) >= 11 is 4.07. The van der Waals surface area contributed by atoms with Crippen molar-refractivity contribution in [2.75, 3.05) is 19.8 Å². The molecule has 0 fully saturated rings. The zero-order valence-corrected chi connectivity index (χ0v) is 8.01. The molecule has 0 spiro atoms. The van der Waals surface area contributed by atoms with Gasteiger partial charge >= 0.3 is 0 Å². The van der Waals surface area contributed by atoms with E-state index in [1.807, 2.05) is 37.2 Å². The molecule has 0 aliphatic rings. The molecule has 0 aliphatic carbocycles. The minimum absolute atomic E-state index is 0.766. The van der Waals surface area contributed by atoms with Gasteiger partial charge in [0.2, 0.25) is 0 Å². The molecule has 0 amide bonds. The number of hydrogen-bond acceptors (Lipinski definition) is 2. The van der Waals surface area contributed by atoms with Crippen molar-refractivity contribution in [1.29, 1.82) is 0 Å². The highest BCUT2D eigenvalue weighted by Crippen LogP contribution is 2.00. The Bertz CT molecular complexity index is 168. The molecule has 0 atom stereocenters. The third kappa shape index (κ3) is 4.73. The summed E-state index contributed by atoms with van der Waals surface area (Å²) in [5.41, 5.74) is 1.13. The van der Waals surface area contributed by atoms with Crippen molar-refractivity contribution in [2.45, 2.75) is 0 Å². The molecule has 0 heterocycles. The Balaban J connectivity index is 4.22. The molecule has 0 unspecified atom stereocenters. The lowest BCUT2D eigenvalue weighted by molar-refractivity contribution is 0.530. The standard InChI is InChI=1S/C9H15NS/c1-4-6-9(10(2)3)7-5-8-11/h4-7,11H,1,8H2,2-3H3. The summed E-state index contributed by atoms with van der Waals surface area (Å²) in [7, 11) is 4.00. The van der Waals surface area contributed by atoms with Crippen molar-refractivity contribution in [3.05, 3.63) is 36.6 Å². The fraction of sp³-hybridized carbons (Fsp3) is 0.333. The molecule has 0 rings (SSSR count). The second-order valence-corrected chi connectivity index (χ2v) is 2.67. The summed E-state index contributed by atoms with van der Waals surface area (Å²) in [5.74, 6) is 0.766. The van der Waals surface area contributed by atoms with Gasteiger partial charge in [-0.2, -0.15) is 12.6 Å². The van der Waals surface area contributed by atoms with Gasteiger partial charge in [-0.25, -0.2) is 0 Å². The fourth-order valence-corrected chi connectivity index (χ4v) is 0.753. The Morgan fingerprint density at radius 1 is 1.55 bits per heavy atom. The van der Waals surface area contributed by atoms with E-state index in [1.165, 1.54) is 0 Å². The topological polar surface area (TPSA) is 3.24 Å². The van der Waals surface area contributed by atoms with Gasteiger partial charge in [0.15, 0.2) is 0 Å². The predicted molar refractivity (Wildman–Crippen MR) is 55.0 cm³/mol. The summed E-state index contributed by atoms with van der Waals surface area (Å²) in [5, 5.41) is 0. The molecule has 11 heavy (non-hydrogen) atoms. The van der Waals surface area contributed by atoms with Crippen molar-refractivity contribution < 1.29 is 0 Å². The van der Waals surface area contributed by atoms with E-state index in [2.05, 4.69) is 19.2 Å². The second kappa shape index (κ2) is 6.10. The molecule has 1 nitrogen and oxygen atoms in total. The molecule has 0 aromatic carbocycles. The van der Waals surface area contributed by atoms with Crippen LogP contribution in [-0.4, -0.2) is 24.7 Å². The Hall–Kier alpha value is -0.630. The fourth-order valence-electron chi connectivity index (χ4n) is 0.648.